The number of pyridine rings is 1. The molecule has 0 spiro atoms. The van der Waals surface area contributed by atoms with E-state index in [1.807, 2.05) is 35.2 Å². The number of anilines is 1. The van der Waals surface area contributed by atoms with Gasteiger partial charge in [-0.3, -0.25) is 9.78 Å². The van der Waals surface area contributed by atoms with Crippen LogP contribution in [0.1, 0.15) is 18.7 Å². The van der Waals surface area contributed by atoms with Crippen molar-refractivity contribution in [3.63, 3.8) is 0 Å². The Morgan fingerprint density at radius 3 is 2.61 bits per heavy atom. The van der Waals surface area contributed by atoms with E-state index in [-0.39, 0.29) is 5.91 Å². The molecular formula is C21H23N5O2. The second-order valence-electron chi connectivity index (χ2n) is 6.81. The van der Waals surface area contributed by atoms with E-state index in [9.17, 15) is 4.79 Å². The molecule has 3 aromatic rings. The summed E-state index contributed by atoms with van der Waals surface area (Å²) in [5.74, 6) is 1.28. The van der Waals surface area contributed by atoms with Gasteiger partial charge in [-0.1, -0.05) is 23.4 Å². The van der Waals surface area contributed by atoms with Crippen molar-refractivity contribution in [2.75, 3.05) is 31.1 Å². The van der Waals surface area contributed by atoms with Gasteiger partial charge in [0.05, 0.1) is 0 Å². The first-order valence-electron chi connectivity index (χ1n) is 9.60. The fraction of sp³-hybridized carbons (Fsp3) is 0.333. The minimum Gasteiger partial charge on any atom is -0.368 e. The van der Waals surface area contributed by atoms with Crippen molar-refractivity contribution in [1.82, 2.24) is 20.0 Å². The molecule has 28 heavy (non-hydrogen) atoms. The summed E-state index contributed by atoms with van der Waals surface area (Å²) in [6.07, 6.45) is 5.20. The Bertz CT molecular complexity index is 889. The fourth-order valence-corrected chi connectivity index (χ4v) is 3.37. The van der Waals surface area contributed by atoms with Gasteiger partial charge < -0.3 is 14.3 Å². The number of piperazine rings is 1. The van der Waals surface area contributed by atoms with Gasteiger partial charge in [-0.2, -0.15) is 4.98 Å². The van der Waals surface area contributed by atoms with Gasteiger partial charge in [0.25, 0.3) is 0 Å². The molecule has 2 aromatic heterocycles. The number of carbonyl (C=O) groups excluding carboxylic acids is 1. The van der Waals surface area contributed by atoms with Crippen LogP contribution >= 0.6 is 0 Å². The van der Waals surface area contributed by atoms with Gasteiger partial charge in [-0.25, -0.2) is 0 Å². The summed E-state index contributed by atoms with van der Waals surface area (Å²) in [6, 6.07) is 14.1. The number of para-hydroxylation sites is 1. The molecule has 144 valence electrons. The lowest BCUT2D eigenvalue weighted by atomic mass is 10.2. The van der Waals surface area contributed by atoms with Crippen LogP contribution < -0.4 is 4.90 Å². The molecule has 0 radical (unpaired) electrons. The lowest BCUT2D eigenvalue weighted by molar-refractivity contribution is -0.131. The molecule has 1 aliphatic heterocycles. The van der Waals surface area contributed by atoms with Crippen LogP contribution in [-0.2, 0) is 11.2 Å². The minimum atomic E-state index is 0.194. The van der Waals surface area contributed by atoms with Crippen molar-refractivity contribution >= 4 is 11.6 Å². The van der Waals surface area contributed by atoms with E-state index in [2.05, 4.69) is 32.2 Å². The molecule has 7 heteroatoms. The molecule has 1 aliphatic rings. The quantitative estimate of drug-likeness (QED) is 0.658. The van der Waals surface area contributed by atoms with E-state index >= 15 is 0 Å². The Labute approximate surface area is 164 Å². The zero-order valence-electron chi connectivity index (χ0n) is 15.7. The minimum absolute atomic E-state index is 0.194. The molecular weight excluding hydrogens is 354 g/mol. The van der Waals surface area contributed by atoms with Crippen LogP contribution in [0.5, 0.6) is 0 Å². The molecule has 0 unspecified atom stereocenters. The highest BCUT2D eigenvalue weighted by Crippen LogP contribution is 2.17. The number of nitrogens with zero attached hydrogens (tertiary/aromatic N) is 5. The lowest BCUT2D eigenvalue weighted by Crippen LogP contribution is -2.48. The Morgan fingerprint density at radius 2 is 1.86 bits per heavy atom. The van der Waals surface area contributed by atoms with Gasteiger partial charge in [0.2, 0.25) is 17.6 Å². The molecule has 0 aliphatic carbocycles. The number of aryl methyl sites for hydroxylation is 1. The summed E-state index contributed by atoms with van der Waals surface area (Å²) in [5.41, 5.74) is 2.04. The van der Waals surface area contributed by atoms with Gasteiger partial charge in [0.15, 0.2) is 0 Å². The Morgan fingerprint density at radius 1 is 1.04 bits per heavy atom. The third kappa shape index (κ3) is 4.36. The van der Waals surface area contributed by atoms with Gasteiger partial charge in [0, 0.05) is 62.7 Å². The third-order valence-corrected chi connectivity index (χ3v) is 4.92. The average Bonchev–Trinajstić information content (AvgIpc) is 3.24. The number of rotatable bonds is 6. The number of carbonyl (C=O) groups is 1. The van der Waals surface area contributed by atoms with Crippen molar-refractivity contribution in [1.29, 1.82) is 0 Å². The summed E-state index contributed by atoms with van der Waals surface area (Å²) >= 11 is 0. The second kappa shape index (κ2) is 8.65. The van der Waals surface area contributed by atoms with Crippen LogP contribution in [0.15, 0.2) is 59.4 Å². The van der Waals surface area contributed by atoms with Gasteiger partial charge in [-0.05, 0) is 30.7 Å². The van der Waals surface area contributed by atoms with Gasteiger partial charge >= 0.3 is 0 Å². The first-order valence-corrected chi connectivity index (χ1v) is 9.60. The van der Waals surface area contributed by atoms with E-state index in [1.54, 1.807) is 12.4 Å². The predicted molar refractivity (Wildman–Crippen MR) is 106 cm³/mol. The molecule has 1 saturated heterocycles. The number of aromatic nitrogens is 3. The summed E-state index contributed by atoms with van der Waals surface area (Å²) < 4.78 is 5.29. The number of benzene rings is 1. The van der Waals surface area contributed by atoms with Gasteiger partial charge in [-0.15, -0.1) is 0 Å². The Hall–Kier alpha value is -3.22. The third-order valence-electron chi connectivity index (χ3n) is 4.92. The Kier molecular flexibility index (Phi) is 5.61. The normalized spacial score (nSPS) is 14.3. The lowest BCUT2D eigenvalue weighted by Gasteiger charge is -2.36. The zero-order chi connectivity index (χ0) is 19.2. The van der Waals surface area contributed by atoms with Crippen molar-refractivity contribution < 1.29 is 9.32 Å². The molecule has 4 rings (SSSR count). The maximum absolute atomic E-state index is 12.5. The van der Waals surface area contributed by atoms with E-state index in [1.165, 1.54) is 5.69 Å². The SMILES string of the molecule is O=C(CCCc1nc(-c2cccnc2)no1)N1CCN(c2ccccc2)CC1. The molecule has 0 atom stereocenters. The standard InChI is InChI=1S/C21H23N5O2/c27-20(26-14-12-25(13-15-26)18-7-2-1-3-8-18)10-4-9-19-23-21(24-28-19)17-6-5-11-22-16-17/h1-3,5-8,11,16H,4,9-10,12-15H2. The highest BCUT2D eigenvalue weighted by molar-refractivity contribution is 5.76. The molecule has 0 bridgehead atoms. The molecule has 1 aromatic carbocycles. The number of hydrogen-bond acceptors (Lipinski definition) is 6. The predicted octanol–water partition coefficient (Wildman–Crippen LogP) is 2.80. The Balaban J connectivity index is 1.22. The second-order valence-corrected chi connectivity index (χ2v) is 6.81. The molecule has 0 N–H and O–H groups in total. The van der Waals surface area contributed by atoms with Crippen LogP contribution in [0.2, 0.25) is 0 Å². The van der Waals surface area contributed by atoms with E-state index in [0.29, 0.717) is 31.0 Å². The highest BCUT2D eigenvalue weighted by atomic mass is 16.5. The zero-order valence-corrected chi connectivity index (χ0v) is 15.7. The van der Waals surface area contributed by atoms with E-state index < -0.39 is 0 Å². The summed E-state index contributed by atoms with van der Waals surface area (Å²) in [7, 11) is 0. The van der Waals surface area contributed by atoms with Crippen LogP contribution in [0.25, 0.3) is 11.4 Å². The van der Waals surface area contributed by atoms with E-state index in [0.717, 1.165) is 31.7 Å². The smallest absolute Gasteiger partial charge is 0.226 e. The summed E-state index contributed by atoms with van der Waals surface area (Å²) in [6.45, 7) is 3.26. The van der Waals surface area contributed by atoms with Crippen molar-refractivity contribution in [3.8, 4) is 11.4 Å². The largest absolute Gasteiger partial charge is 0.368 e. The average molecular weight is 377 g/mol. The molecule has 1 fully saturated rings. The molecule has 7 nitrogen and oxygen atoms in total. The highest BCUT2D eigenvalue weighted by Gasteiger charge is 2.21. The van der Waals surface area contributed by atoms with Gasteiger partial charge in [0.1, 0.15) is 0 Å². The van der Waals surface area contributed by atoms with Crippen LogP contribution in [0.4, 0.5) is 5.69 Å². The monoisotopic (exact) mass is 377 g/mol. The topological polar surface area (TPSA) is 75.4 Å². The fourth-order valence-electron chi connectivity index (χ4n) is 3.37. The first kappa shape index (κ1) is 18.2. The van der Waals surface area contributed by atoms with Crippen molar-refractivity contribution in [2.24, 2.45) is 0 Å². The van der Waals surface area contributed by atoms with Crippen molar-refractivity contribution in [2.45, 2.75) is 19.3 Å². The summed E-state index contributed by atoms with van der Waals surface area (Å²) in [4.78, 5) is 25.2. The first-order chi connectivity index (χ1) is 13.8. The van der Waals surface area contributed by atoms with E-state index in [4.69, 9.17) is 4.52 Å². The number of hydrogen-bond donors (Lipinski definition) is 0. The maximum Gasteiger partial charge on any atom is 0.226 e. The summed E-state index contributed by atoms with van der Waals surface area (Å²) in [5, 5.41) is 3.98. The van der Waals surface area contributed by atoms with Crippen LogP contribution in [-0.4, -0.2) is 52.1 Å². The molecule has 1 amide bonds. The number of amides is 1. The van der Waals surface area contributed by atoms with Crippen LogP contribution in [0.3, 0.4) is 0 Å². The van der Waals surface area contributed by atoms with Crippen molar-refractivity contribution in [3.05, 3.63) is 60.7 Å². The van der Waals surface area contributed by atoms with Crippen LogP contribution in [0, 0.1) is 0 Å². The molecule has 0 saturated carbocycles. The molecule has 3 heterocycles. The maximum atomic E-state index is 12.5.